The van der Waals surface area contributed by atoms with Gasteiger partial charge < -0.3 is 15.2 Å². The van der Waals surface area contributed by atoms with E-state index >= 15 is 0 Å². The summed E-state index contributed by atoms with van der Waals surface area (Å²) in [7, 11) is 0. The Labute approximate surface area is 197 Å². The first kappa shape index (κ1) is 21.6. The number of aromatic nitrogens is 4. The third kappa shape index (κ3) is 4.25. The molecule has 8 heteroatoms. The van der Waals surface area contributed by atoms with E-state index in [1.54, 1.807) is 18.5 Å². The smallest absolute Gasteiger partial charge is 0.164 e. The molecule has 1 saturated heterocycles. The van der Waals surface area contributed by atoms with Crippen LogP contribution in [-0.2, 0) is 0 Å². The van der Waals surface area contributed by atoms with Crippen molar-refractivity contribution >= 4 is 39.8 Å². The normalized spacial score (nSPS) is 14.3. The zero-order valence-corrected chi connectivity index (χ0v) is 19.5. The second kappa shape index (κ2) is 8.98. The fraction of sp³-hybridized carbons (Fsp3) is 0.320. The molecular weight excluding hydrogens is 439 g/mol. The number of pyridine rings is 1. The van der Waals surface area contributed by atoms with Gasteiger partial charge in [-0.05, 0) is 49.4 Å². The molecule has 3 aromatic heterocycles. The molecule has 1 aliphatic rings. The summed E-state index contributed by atoms with van der Waals surface area (Å²) >= 11 is 6.11. The molecule has 0 unspecified atom stereocenters. The van der Waals surface area contributed by atoms with Crippen LogP contribution in [0.4, 0.5) is 21.6 Å². The molecule has 2 N–H and O–H groups in total. The van der Waals surface area contributed by atoms with E-state index in [0.29, 0.717) is 10.8 Å². The predicted molar refractivity (Wildman–Crippen MR) is 132 cm³/mol. The number of benzene rings is 1. The Kier molecular flexibility index (Phi) is 5.89. The number of piperidine rings is 1. The van der Waals surface area contributed by atoms with E-state index < -0.39 is 5.82 Å². The van der Waals surface area contributed by atoms with Crippen molar-refractivity contribution in [2.45, 2.75) is 39.0 Å². The molecule has 0 spiro atoms. The lowest BCUT2D eigenvalue weighted by Gasteiger charge is -2.28. The maximum Gasteiger partial charge on any atom is 0.164 e. The first-order valence-corrected chi connectivity index (χ1v) is 11.7. The van der Waals surface area contributed by atoms with E-state index in [4.69, 9.17) is 16.6 Å². The van der Waals surface area contributed by atoms with Gasteiger partial charge in [0, 0.05) is 42.3 Å². The van der Waals surface area contributed by atoms with Crippen molar-refractivity contribution in [1.82, 2.24) is 19.9 Å². The van der Waals surface area contributed by atoms with Gasteiger partial charge in [-0.15, -0.1) is 0 Å². The van der Waals surface area contributed by atoms with Gasteiger partial charge in [0.1, 0.15) is 17.3 Å². The molecule has 170 valence electrons. The van der Waals surface area contributed by atoms with Crippen molar-refractivity contribution in [2.75, 3.05) is 23.3 Å². The first-order valence-electron chi connectivity index (χ1n) is 11.3. The van der Waals surface area contributed by atoms with Crippen molar-refractivity contribution in [3.05, 3.63) is 59.3 Å². The Morgan fingerprint density at radius 2 is 1.94 bits per heavy atom. The zero-order valence-electron chi connectivity index (χ0n) is 18.7. The summed E-state index contributed by atoms with van der Waals surface area (Å²) < 4.78 is 14.5. The van der Waals surface area contributed by atoms with Crippen molar-refractivity contribution in [1.29, 1.82) is 0 Å². The number of hydrogen-bond acceptors (Lipinski definition) is 5. The van der Waals surface area contributed by atoms with E-state index in [2.05, 4.69) is 39.0 Å². The van der Waals surface area contributed by atoms with Crippen LogP contribution < -0.4 is 10.2 Å². The number of aromatic amines is 1. The number of rotatable bonds is 5. The zero-order chi connectivity index (χ0) is 22.9. The minimum absolute atomic E-state index is 0.177. The molecule has 1 aromatic carbocycles. The molecule has 0 bridgehead atoms. The summed E-state index contributed by atoms with van der Waals surface area (Å²) in [5, 5.41) is 4.98. The summed E-state index contributed by atoms with van der Waals surface area (Å²) in [6.45, 7) is 6.23. The van der Waals surface area contributed by atoms with Crippen molar-refractivity contribution in [3.63, 3.8) is 0 Å². The van der Waals surface area contributed by atoms with Gasteiger partial charge >= 0.3 is 0 Å². The van der Waals surface area contributed by atoms with Gasteiger partial charge in [0.05, 0.1) is 22.3 Å². The molecule has 1 fully saturated rings. The highest BCUT2D eigenvalue weighted by Gasteiger charge is 2.20. The molecule has 0 saturated carbocycles. The second-order valence-electron chi connectivity index (χ2n) is 8.71. The molecular formula is C25H26ClFN6. The predicted octanol–water partition coefficient (Wildman–Crippen LogP) is 6.67. The lowest BCUT2D eigenvalue weighted by molar-refractivity contribution is 0.579. The van der Waals surface area contributed by atoms with Crippen LogP contribution in [0.1, 0.15) is 44.6 Å². The van der Waals surface area contributed by atoms with Crippen LogP contribution in [0.25, 0.3) is 22.4 Å². The van der Waals surface area contributed by atoms with Gasteiger partial charge in [-0.25, -0.2) is 19.3 Å². The topological polar surface area (TPSA) is 69.7 Å². The Bertz CT molecular complexity index is 1300. The fourth-order valence-corrected chi connectivity index (χ4v) is 4.54. The number of halogens is 2. The van der Waals surface area contributed by atoms with Crippen molar-refractivity contribution in [3.8, 4) is 11.4 Å². The lowest BCUT2D eigenvalue weighted by atomic mass is 10.1. The van der Waals surface area contributed by atoms with E-state index in [0.717, 1.165) is 41.1 Å². The van der Waals surface area contributed by atoms with Gasteiger partial charge in [-0.1, -0.05) is 25.4 Å². The molecule has 0 aliphatic carbocycles. The monoisotopic (exact) mass is 464 g/mol. The molecule has 0 atom stereocenters. The van der Waals surface area contributed by atoms with E-state index in [9.17, 15) is 4.39 Å². The molecule has 33 heavy (non-hydrogen) atoms. The lowest BCUT2D eigenvalue weighted by Crippen LogP contribution is -2.29. The van der Waals surface area contributed by atoms with E-state index in [1.807, 2.05) is 12.3 Å². The van der Waals surface area contributed by atoms with Gasteiger partial charge in [-0.2, -0.15) is 0 Å². The van der Waals surface area contributed by atoms with Crippen LogP contribution in [0, 0.1) is 5.82 Å². The summed E-state index contributed by atoms with van der Waals surface area (Å²) in [6, 6.07) is 6.36. The molecule has 4 heterocycles. The molecule has 1 aliphatic heterocycles. The van der Waals surface area contributed by atoms with Crippen LogP contribution in [0.2, 0.25) is 5.02 Å². The summed E-state index contributed by atoms with van der Waals surface area (Å²) in [5.41, 5.74) is 4.08. The fourth-order valence-electron chi connectivity index (χ4n) is 4.37. The van der Waals surface area contributed by atoms with Crippen LogP contribution in [-0.4, -0.2) is 33.0 Å². The highest BCUT2D eigenvalue weighted by Crippen LogP contribution is 2.36. The van der Waals surface area contributed by atoms with Gasteiger partial charge in [0.25, 0.3) is 0 Å². The van der Waals surface area contributed by atoms with Crippen LogP contribution in [0.3, 0.4) is 0 Å². The number of anilines is 3. The number of nitrogens with one attached hydrogen (secondary N) is 2. The van der Waals surface area contributed by atoms with Crippen LogP contribution >= 0.6 is 11.6 Å². The van der Waals surface area contributed by atoms with E-state index in [1.165, 1.54) is 31.4 Å². The molecule has 6 nitrogen and oxygen atoms in total. The molecule has 0 amide bonds. The van der Waals surface area contributed by atoms with E-state index in [-0.39, 0.29) is 17.3 Å². The maximum atomic E-state index is 14.5. The quantitative estimate of drug-likeness (QED) is 0.345. The number of hydrogen-bond donors (Lipinski definition) is 2. The molecule has 4 aromatic rings. The highest BCUT2D eigenvalue weighted by molar-refractivity contribution is 6.30. The minimum Gasteiger partial charge on any atom is -0.370 e. The summed E-state index contributed by atoms with van der Waals surface area (Å²) in [5.74, 6) is 0.702. The van der Waals surface area contributed by atoms with Gasteiger partial charge in [0.2, 0.25) is 0 Å². The largest absolute Gasteiger partial charge is 0.370 e. The highest BCUT2D eigenvalue weighted by atomic mass is 35.5. The standard InChI is InChI=1S/C25H26ClFN6/c1-15(2)18-13-29-23(17-12-16(26)6-7-19(17)27)32-24(18)31-20-8-9-28-25-22(20)21(14-30-25)33-10-4-3-5-11-33/h6-9,12-15H,3-5,10-11H2,1-2H3,(H2,28,29,30,31,32). The third-order valence-electron chi connectivity index (χ3n) is 6.11. The van der Waals surface area contributed by atoms with Crippen molar-refractivity contribution in [2.24, 2.45) is 0 Å². The van der Waals surface area contributed by atoms with Crippen LogP contribution in [0.15, 0.2) is 42.9 Å². The Hall–Kier alpha value is -3.19. The Balaban J connectivity index is 1.60. The molecule has 5 rings (SSSR count). The number of nitrogens with zero attached hydrogens (tertiary/aromatic N) is 4. The molecule has 0 radical (unpaired) electrons. The number of fused-ring (bicyclic) bond motifs is 1. The Morgan fingerprint density at radius 3 is 2.73 bits per heavy atom. The summed E-state index contributed by atoms with van der Waals surface area (Å²) in [4.78, 5) is 19.4. The minimum atomic E-state index is -0.410. The van der Waals surface area contributed by atoms with Crippen LogP contribution in [0.5, 0.6) is 0 Å². The third-order valence-corrected chi connectivity index (χ3v) is 6.35. The van der Waals surface area contributed by atoms with Gasteiger partial charge in [0.15, 0.2) is 5.82 Å². The first-order chi connectivity index (χ1) is 16.0. The average Bonchev–Trinajstić information content (AvgIpc) is 3.26. The number of H-pyrrole nitrogens is 1. The SMILES string of the molecule is CC(C)c1cnc(-c2cc(Cl)ccc2F)nc1Nc1ccnc2[nH]cc(N3CCCCC3)c12. The Morgan fingerprint density at radius 1 is 1.12 bits per heavy atom. The van der Waals surface area contributed by atoms with Gasteiger partial charge in [-0.3, -0.25) is 0 Å². The maximum absolute atomic E-state index is 14.5. The average molecular weight is 465 g/mol. The second-order valence-corrected chi connectivity index (χ2v) is 9.14. The summed E-state index contributed by atoms with van der Waals surface area (Å²) in [6.07, 6.45) is 9.21. The van der Waals surface area contributed by atoms with Crippen molar-refractivity contribution < 1.29 is 4.39 Å².